The van der Waals surface area contributed by atoms with Gasteiger partial charge >= 0.3 is 0 Å². The van der Waals surface area contributed by atoms with Crippen molar-refractivity contribution in [1.82, 2.24) is 10.2 Å². The van der Waals surface area contributed by atoms with Gasteiger partial charge in [0.15, 0.2) is 0 Å². The summed E-state index contributed by atoms with van der Waals surface area (Å²) in [6, 6.07) is 1.42. The van der Waals surface area contributed by atoms with Gasteiger partial charge in [-0.15, -0.1) is 0 Å². The molecule has 1 aliphatic rings. The molecular formula is C16H34N2. The second kappa shape index (κ2) is 8.16. The van der Waals surface area contributed by atoms with Gasteiger partial charge in [-0.25, -0.2) is 0 Å². The van der Waals surface area contributed by atoms with Crippen LogP contribution in [0, 0.1) is 11.8 Å². The van der Waals surface area contributed by atoms with Crippen molar-refractivity contribution in [3.63, 3.8) is 0 Å². The highest BCUT2D eigenvalue weighted by Crippen LogP contribution is 2.27. The number of hydrogen-bond acceptors (Lipinski definition) is 2. The molecule has 1 saturated heterocycles. The fourth-order valence-corrected chi connectivity index (χ4v) is 3.56. The molecule has 1 fully saturated rings. The van der Waals surface area contributed by atoms with E-state index in [4.69, 9.17) is 0 Å². The number of piperidine rings is 1. The first-order valence-corrected chi connectivity index (χ1v) is 8.05. The lowest BCUT2D eigenvalue weighted by Gasteiger charge is -2.41. The minimum atomic E-state index is 0.676. The van der Waals surface area contributed by atoms with Crippen LogP contribution in [0.3, 0.4) is 0 Å². The Morgan fingerprint density at radius 1 is 1.17 bits per heavy atom. The van der Waals surface area contributed by atoms with E-state index in [1.807, 2.05) is 0 Å². The quantitative estimate of drug-likeness (QED) is 0.748. The van der Waals surface area contributed by atoms with Crippen LogP contribution in [0.4, 0.5) is 0 Å². The molecule has 0 aromatic carbocycles. The highest BCUT2D eigenvalue weighted by Gasteiger charge is 2.29. The SMILES string of the molecule is CCCC(NC)C(CC)N1CCC(C(C)C)CC1. The minimum absolute atomic E-state index is 0.676. The molecule has 0 aromatic heterocycles. The lowest BCUT2D eigenvalue weighted by Crippen LogP contribution is -2.51. The fourth-order valence-electron chi connectivity index (χ4n) is 3.56. The fraction of sp³-hybridized carbons (Fsp3) is 1.00. The molecule has 0 radical (unpaired) electrons. The van der Waals surface area contributed by atoms with E-state index >= 15 is 0 Å². The van der Waals surface area contributed by atoms with Gasteiger partial charge in [0.05, 0.1) is 0 Å². The summed E-state index contributed by atoms with van der Waals surface area (Å²) in [5.74, 6) is 1.82. The van der Waals surface area contributed by atoms with E-state index in [0.717, 1.165) is 17.9 Å². The maximum Gasteiger partial charge on any atom is 0.0246 e. The standard InChI is InChI=1S/C16H34N2/c1-6-8-15(17-5)16(7-2)18-11-9-14(10-12-18)13(3)4/h13-17H,6-12H2,1-5H3. The second-order valence-corrected chi connectivity index (χ2v) is 6.28. The van der Waals surface area contributed by atoms with Crippen LogP contribution in [-0.4, -0.2) is 37.1 Å². The van der Waals surface area contributed by atoms with E-state index in [1.165, 1.54) is 45.2 Å². The Morgan fingerprint density at radius 3 is 2.17 bits per heavy atom. The van der Waals surface area contributed by atoms with E-state index < -0.39 is 0 Å². The highest BCUT2D eigenvalue weighted by molar-refractivity contribution is 4.86. The summed E-state index contributed by atoms with van der Waals surface area (Å²) < 4.78 is 0. The summed E-state index contributed by atoms with van der Waals surface area (Å²) in [6.07, 6.45) is 6.66. The van der Waals surface area contributed by atoms with Gasteiger partial charge in [-0.05, 0) is 57.7 Å². The van der Waals surface area contributed by atoms with E-state index in [1.54, 1.807) is 0 Å². The normalized spacial score (nSPS) is 22.3. The molecule has 0 spiro atoms. The van der Waals surface area contributed by atoms with Crippen LogP contribution in [0.2, 0.25) is 0 Å². The van der Waals surface area contributed by atoms with Gasteiger partial charge in [0, 0.05) is 12.1 Å². The first-order valence-electron chi connectivity index (χ1n) is 8.05. The average molecular weight is 254 g/mol. The number of rotatable bonds is 7. The minimum Gasteiger partial charge on any atom is -0.315 e. The van der Waals surface area contributed by atoms with Crippen molar-refractivity contribution in [1.29, 1.82) is 0 Å². The molecule has 2 atom stereocenters. The van der Waals surface area contributed by atoms with Crippen LogP contribution < -0.4 is 5.32 Å². The van der Waals surface area contributed by atoms with Gasteiger partial charge in [-0.3, -0.25) is 4.90 Å². The molecule has 0 amide bonds. The molecule has 1 N–H and O–H groups in total. The van der Waals surface area contributed by atoms with Gasteiger partial charge in [0.25, 0.3) is 0 Å². The molecule has 108 valence electrons. The van der Waals surface area contributed by atoms with Crippen LogP contribution in [-0.2, 0) is 0 Å². The van der Waals surface area contributed by atoms with Crippen LogP contribution in [0.5, 0.6) is 0 Å². The van der Waals surface area contributed by atoms with Crippen molar-refractivity contribution >= 4 is 0 Å². The van der Waals surface area contributed by atoms with Gasteiger partial charge in [-0.2, -0.15) is 0 Å². The predicted molar refractivity (Wildman–Crippen MR) is 81.0 cm³/mol. The molecule has 2 nitrogen and oxygen atoms in total. The largest absolute Gasteiger partial charge is 0.315 e. The number of hydrogen-bond donors (Lipinski definition) is 1. The van der Waals surface area contributed by atoms with Crippen molar-refractivity contribution in [2.75, 3.05) is 20.1 Å². The first kappa shape index (κ1) is 16.0. The van der Waals surface area contributed by atoms with Crippen molar-refractivity contribution in [2.24, 2.45) is 11.8 Å². The summed E-state index contributed by atoms with van der Waals surface area (Å²) >= 11 is 0. The summed E-state index contributed by atoms with van der Waals surface area (Å²) in [7, 11) is 2.13. The summed E-state index contributed by atoms with van der Waals surface area (Å²) in [6.45, 7) is 12.0. The molecule has 1 rings (SSSR count). The zero-order chi connectivity index (χ0) is 13.5. The Hall–Kier alpha value is -0.0800. The Morgan fingerprint density at radius 2 is 1.78 bits per heavy atom. The van der Waals surface area contributed by atoms with E-state index in [0.29, 0.717) is 6.04 Å². The topological polar surface area (TPSA) is 15.3 Å². The van der Waals surface area contributed by atoms with E-state index in [9.17, 15) is 0 Å². The third-order valence-electron chi connectivity index (χ3n) is 4.84. The van der Waals surface area contributed by atoms with Crippen LogP contribution >= 0.6 is 0 Å². The Labute approximate surface area is 115 Å². The summed E-state index contributed by atoms with van der Waals surface area (Å²) in [5, 5.41) is 3.54. The Kier molecular flexibility index (Phi) is 7.25. The first-order chi connectivity index (χ1) is 8.63. The second-order valence-electron chi connectivity index (χ2n) is 6.28. The molecule has 2 unspecified atom stereocenters. The average Bonchev–Trinajstić information content (AvgIpc) is 2.39. The summed E-state index contributed by atoms with van der Waals surface area (Å²) in [5.41, 5.74) is 0. The van der Waals surface area contributed by atoms with E-state index in [2.05, 4.69) is 45.0 Å². The van der Waals surface area contributed by atoms with Crippen LogP contribution in [0.1, 0.15) is 59.8 Å². The molecule has 1 heterocycles. The van der Waals surface area contributed by atoms with Crippen LogP contribution in [0.15, 0.2) is 0 Å². The monoisotopic (exact) mass is 254 g/mol. The molecule has 0 aromatic rings. The number of likely N-dealkylation sites (tertiary alicyclic amines) is 1. The van der Waals surface area contributed by atoms with Crippen LogP contribution in [0.25, 0.3) is 0 Å². The third-order valence-corrected chi connectivity index (χ3v) is 4.84. The van der Waals surface area contributed by atoms with Crippen molar-refractivity contribution in [3.05, 3.63) is 0 Å². The zero-order valence-electron chi connectivity index (χ0n) is 13.2. The number of likely N-dealkylation sites (N-methyl/N-ethyl adjacent to an activating group) is 1. The Balaban J connectivity index is 2.51. The van der Waals surface area contributed by atoms with Crippen molar-refractivity contribution < 1.29 is 0 Å². The number of nitrogens with zero attached hydrogens (tertiary/aromatic N) is 1. The summed E-state index contributed by atoms with van der Waals surface area (Å²) in [4.78, 5) is 2.75. The Bertz CT molecular complexity index is 207. The smallest absolute Gasteiger partial charge is 0.0246 e. The number of nitrogens with one attached hydrogen (secondary N) is 1. The zero-order valence-corrected chi connectivity index (χ0v) is 13.2. The molecule has 0 aliphatic carbocycles. The van der Waals surface area contributed by atoms with E-state index in [-0.39, 0.29) is 0 Å². The molecule has 0 bridgehead atoms. The molecule has 0 saturated carbocycles. The molecule has 1 aliphatic heterocycles. The van der Waals surface area contributed by atoms with Gasteiger partial charge in [-0.1, -0.05) is 34.1 Å². The molecule has 2 heteroatoms. The highest BCUT2D eigenvalue weighted by atomic mass is 15.2. The molecule has 18 heavy (non-hydrogen) atoms. The molecular weight excluding hydrogens is 220 g/mol. The van der Waals surface area contributed by atoms with Gasteiger partial charge in [0.1, 0.15) is 0 Å². The maximum atomic E-state index is 3.54. The predicted octanol–water partition coefficient (Wildman–Crippen LogP) is 3.52. The lowest BCUT2D eigenvalue weighted by atomic mass is 9.85. The van der Waals surface area contributed by atoms with Gasteiger partial charge < -0.3 is 5.32 Å². The maximum absolute atomic E-state index is 3.54. The van der Waals surface area contributed by atoms with Crippen molar-refractivity contribution in [3.8, 4) is 0 Å². The lowest BCUT2D eigenvalue weighted by molar-refractivity contribution is 0.0894. The third kappa shape index (κ3) is 4.24. The van der Waals surface area contributed by atoms with Crippen molar-refractivity contribution in [2.45, 2.75) is 71.9 Å². The van der Waals surface area contributed by atoms with Gasteiger partial charge in [0.2, 0.25) is 0 Å².